The molecule has 4 nitrogen and oxygen atoms in total. The van der Waals surface area contributed by atoms with Crippen molar-refractivity contribution in [3.63, 3.8) is 0 Å². The van der Waals surface area contributed by atoms with Crippen LogP contribution in [0.5, 0.6) is 0 Å². The molecular formula is C14H18N4. The number of nitrogens with zero attached hydrogens (tertiary/aromatic N) is 3. The second-order valence-corrected chi connectivity index (χ2v) is 4.27. The first-order valence-corrected chi connectivity index (χ1v) is 6.18. The van der Waals surface area contributed by atoms with Crippen molar-refractivity contribution in [2.45, 2.75) is 27.3 Å². The summed E-state index contributed by atoms with van der Waals surface area (Å²) in [5.74, 6) is 0.692. The minimum atomic E-state index is 0.692. The Morgan fingerprint density at radius 3 is 2.72 bits per heavy atom. The number of nitrogens with one attached hydrogen (secondary N) is 1. The second kappa shape index (κ2) is 5.69. The SMILES string of the molecule is CCNCc1nc(-c2cccc(C)n2)ncc1C. The monoisotopic (exact) mass is 242 g/mol. The van der Waals surface area contributed by atoms with E-state index in [1.54, 1.807) is 0 Å². The smallest absolute Gasteiger partial charge is 0.178 e. The van der Waals surface area contributed by atoms with Gasteiger partial charge < -0.3 is 5.32 Å². The standard InChI is InChI=1S/C14H18N4/c1-4-15-9-13-10(2)8-16-14(18-13)12-7-5-6-11(3)17-12/h5-8,15H,4,9H2,1-3H3. The summed E-state index contributed by atoms with van der Waals surface area (Å²) in [5.41, 5.74) is 3.94. The number of hydrogen-bond donors (Lipinski definition) is 1. The van der Waals surface area contributed by atoms with Crippen molar-refractivity contribution in [3.05, 3.63) is 41.3 Å². The summed E-state index contributed by atoms with van der Waals surface area (Å²) in [4.78, 5) is 13.4. The van der Waals surface area contributed by atoms with Gasteiger partial charge in [0.1, 0.15) is 5.69 Å². The number of aryl methyl sites for hydroxylation is 2. The third-order valence-corrected chi connectivity index (χ3v) is 2.74. The van der Waals surface area contributed by atoms with Crippen LogP contribution in [0.25, 0.3) is 11.5 Å². The average Bonchev–Trinajstić information content (AvgIpc) is 2.38. The van der Waals surface area contributed by atoms with E-state index in [-0.39, 0.29) is 0 Å². The van der Waals surface area contributed by atoms with Crippen molar-refractivity contribution >= 4 is 0 Å². The maximum Gasteiger partial charge on any atom is 0.178 e. The molecule has 0 saturated heterocycles. The number of rotatable bonds is 4. The van der Waals surface area contributed by atoms with E-state index in [0.29, 0.717) is 5.82 Å². The highest BCUT2D eigenvalue weighted by Gasteiger charge is 2.06. The molecular weight excluding hydrogens is 224 g/mol. The van der Waals surface area contributed by atoms with E-state index >= 15 is 0 Å². The van der Waals surface area contributed by atoms with Crippen LogP contribution in [-0.2, 0) is 6.54 Å². The van der Waals surface area contributed by atoms with Gasteiger partial charge in [0.2, 0.25) is 0 Å². The first-order valence-electron chi connectivity index (χ1n) is 6.18. The molecule has 0 saturated carbocycles. The largest absolute Gasteiger partial charge is 0.311 e. The maximum atomic E-state index is 4.59. The molecule has 2 heterocycles. The molecule has 4 heteroatoms. The highest BCUT2D eigenvalue weighted by Crippen LogP contribution is 2.14. The maximum absolute atomic E-state index is 4.59. The quantitative estimate of drug-likeness (QED) is 0.893. The molecule has 0 amide bonds. The fraction of sp³-hybridized carbons (Fsp3) is 0.357. The normalized spacial score (nSPS) is 10.6. The van der Waals surface area contributed by atoms with Crippen LogP contribution in [0.15, 0.2) is 24.4 Å². The van der Waals surface area contributed by atoms with Gasteiger partial charge in [-0.25, -0.2) is 15.0 Å². The molecule has 94 valence electrons. The zero-order valence-corrected chi connectivity index (χ0v) is 11.1. The average molecular weight is 242 g/mol. The van der Waals surface area contributed by atoms with Gasteiger partial charge in [0.15, 0.2) is 5.82 Å². The zero-order chi connectivity index (χ0) is 13.0. The van der Waals surface area contributed by atoms with Crippen LogP contribution in [0.3, 0.4) is 0 Å². The van der Waals surface area contributed by atoms with Crippen LogP contribution >= 0.6 is 0 Å². The lowest BCUT2D eigenvalue weighted by molar-refractivity contribution is 0.704. The summed E-state index contributed by atoms with van der Waals surface area (Å²) in [7, 11) is 0. The van der Waals surface area contributed by atoms with E-state index in [2.05, 4.69) is 27.2 Å². The molecule has 2 aromatic rings. The number of hydrogen-bond acceptors (Lipinski definition) is 4. The van der Waals surface area contributed by atoms with Crippen LogP contribution in [0.2, 0.25) is 0 Å². The van der Waals surface area contributed by atoms with Crippen LogP contribution in [0, 0.1) is 13.8 Å². The fourth-order valence-corrected chi connectivity index (χ4v) is 1.69. The first kappa shape index (κ1) is 12.6. The van der Waals surface area contributed by atoms with E-state index in [9.17, 15) is 0 Å². The molecule has 18 heavy (non-hydrogen) atoms. The molecule has 2 aromatic heterocycles. The Labute approximate surface area is 108 Å². The van der Waals surface area contributed by atoms with E-state index in [0.717, 1.165) is 35.7 Å². The molecule has 0 fully saturated rings. The summed E-state index contributed by atoms with van der Waals surface area (Å²) in [6, 6.07) is 5.89. The summed E-state index contributed by atoms with van der Waals surface area (Å²) < 4.78 is 0. The Kier molecular flexibility index (Phi) is 3.99. The second-order valence-electron chi connectivity index (χ2n) is 4.27. The Bertz CT molecular complexity index is 537. The molecule has 0 atom stereocenters. The highest BCUT2D eigenvalue weighted by molar-refractivity contribution is 5.49. The van der Waals surface area contributed by atoms with Gasteiger partial charge in [0, 0.05) is 18.4 Å². The van der Waals surface area contributed by atoms with Gasteiger partial charge in [-0.3, -0.25) is 0 Å². The minimum Gasteiger partial charge on any atom is -0.311 e. The molecule has 0 spiro atoms. The Balaban J connectivity index is 2.34. The summed E-state index contributed by atoms with van der Waals surface area (Å²) >= 11 is 0. The van der Waals surface area contributed by atoms with Crippen molar-refractivity contribution < 1.29 is 0 Å². The predicted molar refractivity (Wildman–Crippen MR) is 72.1 cm³/mol. The van der Waals surface area contributed by atoms with Gasteiger partial charge in [-0.15, -0.1) is 0 Å². The summed E-state index contributed by atoms with van der Waals surface area (Å²) in [5, 5.41) is 3.28. The zero-order valence-electron chi connectivity index (χ0n) is 11.1. The van der Waals surface area contributed by atoms with E-state index < -0.39 is 0 Å². The minimum absolute atomic E-state index is 0.692. The summed E-state index contributed by atoms with van der Waals surface area (Å²) in [6.07, 6.45) is 1.86. The molecule has 0 bridgehead atoms. The van der Waals surface area contributed by atoms with E-state index in [1.165, 1.54) is 0 Å². The Hall–Kier alpha value is -1.81. The fourth-order valence-electron chi connectivity index (χ4n) is 1.69. The van der Waals surface area contributed by atoms with Gasteiger partial charge in [0.05, 0.1) is 5.69 Å². The third-order valence-electron chi connectivity index (χ3n) is 2.74. The van der Waals surface area contributed by atoms with Crippen molar-refractivity contribution in [3.8, 4) is 11.5 Å². The predicted octanol–water partition coefficient (Wildman–Crippen LogP) is 2.26. The molecule has 0 aliphatic carbocycles. The number of aromatic nitrogens is 3. The Morgan fingerprint density at radius 1 is 1.17 bits per heavy atom. The van der Waals surface area contributed by atoms with Gasteiger partial charge >= 0.3 is 0 Å². The third kappa shape index (κ3) is 2.90. The van der Waals surface area contributed by atoms with Crippen LogP contribution in [-0.4, -0.2) is 21.5 Å². The van der Waals surface area contributed by atoms with Gasteiger partial charge in [-0.05, 0) is 38.1 Å². The lowest BCUT2D eigenvalue weighted by Gasteiger charge is -2.07. The van der Waals surface area contributed by atoms with Crippen molar-refractivity contribution in [2.24, 2.45) is 0 Å². The molecule has 0 aromatic carbocycles. The highest BCUT2D eigenvalue weighted by atomic mass is 15.0. The van der Waals surface area contributed by atoms with Gasteiger partial charge in [0.25, 0.3) is 0 Å². The van der Waals surface area contributed by atoms with Crippen molar-refractivity contribution in [1.82, 2.24) is 20.3 Å². The van der Waals surface area contributed by atoms with Gasteiger partial charge in [-0.1, -0.05) is 13.0 Å². The lowest BCUT2D eigenvalue weighted by Crippen LogP contribution is -2.14. The van der Waals surface area contributed by atoms with E-state index in [4.69, 9.17) is 0 Å². The van der Waals surface area contributed by atoms with E-state index in [1.807, 2.05) is 38.2 Å². The number of pyridine rings is 1. The van der Waals surface area contributed by atoms with Crippen molar-refractivity contribution in [1.29, 1.82) is 0 Å². The lowest BCUT2D eigenvalue weighted by atomic mass is 10.2. The van der Waals surface area contributed by atoms with Crippen LogP contribution in [0.4, 0.5) is 0 Å². The van der Waals surface area contributed by atoms with Crippen molar-refractivity contribution in [2.75, 3.05) is 6.54 Å². The molecule has 2 rings (SSSR count). The first-order chi connectivity index (χ1) is 8.70. The summed E-state index contributed by atoms with van der Waals surface area (Å²) in [6.45, 7) is 7.78. The Morgan fingerprint density at radius 2 is 2.00 bits per heavy atom. The molecule has 1 N–H and O–H groups in total. The molecule has 0 unspecified atom stereocenters. The molecule has 0 aliphatic heterocycles. The van der Waals surface area contributed by atoms with Crippen LogP contribution < -0.4 is 5.32 Å². The topological polar surface area (TPSA) is 50.7 Å². The molecule has 0 aliphatic rings. The van der Waals surface area contributed by atoms with Gasteiger partial charge in [-0.2, -0.15) is 0 Å². The van der Waals surface area contributed by atoms with Crippen LogP contribution in [0.1, 0.15) is 23.9 Å². The molecule has 0 radical (unpaired) electrons.